The van der Waals surface area contributed by atoms with Gasteiger partial charge in [-0.05, 0) is 70.1 Å². The molecule has 2 unspecified atom stereocenters. The van der Waals surface area contributed by atoms with Crippen LogP contribution in [0.4, 0.5) is 9.18 Å². The van der Waals surface area contributed by atoms with Crippen LogP contribution in [0.15, 0.2) is 48.8 Å². The van der Waals surface area contributed by atoms with Gasteiger partial charge in [-0.2, -0.15) is 5.10 Å². The van der Waals surface area contributed by atoms with Crippen LogP contribution in [0.2, 0.25) is 5.02 Å². The summed E-state index contributed by atoms with van der Waals surface area (Å²) in [6.07, 6.45) is 5.71. The molecule has 4 rings (SSSR count). The first kappa shape index (κ1) is 28.7. The zero-order valence-electron chi connectivity index (χ0n) is 23.0. The van der Waals surface area contributed by atoms with Crippen molar-refractivity contribution in [2.75, 3.05) is 13.1 Å². The average molecular weight is 555 g/mol. The highest BCUT2D eigenvalue weighted by Gasteiger charge is 2.34. The Morgan fingerprint density at radius 1 is 1.13 bits per heavy atom. The maximum atomic E-state index is 14.8. The Bertz CT molecular complexity index is 1310. The van der Waals surface area contributed by atoms with E-state index in [4.69, 9.17) is 16.3 Å². The molecule has 1 saturated heterocycles. The van der Waals surface area contributed by atoms with Crippen LogP contribution in [0.1, 0.15) is 73.9 Å². The van der Waals surface area contributed by atoms with E-state index in [0.29, 0.717) is 50.2 Å². The molecule has 1 aliphatic heterocycles. The Hall–Kier alpha value is -3.26. The summed E-state index contributed by atoms with van der Waals surface area (Å²) in [5.41, 5.74) is 2.13. The van der Waals surface area contributed by atoms with Crippen LogP contribution < -0.4 is 0 Å². The molecular weight excluding hydrogens is 519 g/mol. The topological polar surface area (TPSA) is 77.3 Å². The van der Waals surface area contributed by atoms with E-state index in [-0.39, 0.29) is 28.8 Å². The Kier molecular flexibility index (Phi) is 9.05. The van der Waals surface area contributed by atoms with E-state index in [0.717, 1.165) is 12.0 Å². The minimum absolute atomic E-state index is 0.159. The van der Waals surface area contributed by atoms with Gasteiger partial charge in [0.25, 0.3) is 0 Å². The summed E-state index contributed by atoms with van der Waals surface area (Å²) in [7, 11) is 0. The zero-order chi connectivity index (χ0) is 28.2. The number of Topliss-reactive ketones (excluding diaryl/α,β-unsaturated/α-hetero) is 1. The predicted octanol–water partition coefficient (Wildman–Crippen LogP) is 6.49. The van der Waals surface area contributed by atoms with Crippen LogP contribution in [0.5, 0.6) is 0 Å². The molecule has 3 aromatic rings. The lowest BCUT2D eigenvalue weighted by Gasteiger charge is -2.24. The number of hydrogen-bond donors (Lipinski definition) is 0. The number of benzene rings is 1. The van der Waals surface area contributed by atoms with Gasteiger partial charge in [0.05, 0.1) is 23.0 Å². The van der Waals surface area contributed by atoms with Crippen LogP contribution in [-0.4, -0.2) is 50.2 Å². The predicted molar refractivity (Wildman–Crippen MR) is 149 cm³/mol. The second-order valence-electron chi connectivity index (χ2n) is 11.2. The summed E-state index contributed by atoms with van der Waals surface area (Å²) < 4.78 is 21.9. The summed E-state index contributed by atoms with van der Waals surface area (Å²) in [5, 5.41) is 4.64. The first-order valence-corrected chi connectivity index (χ1v) is 13.8. The quantitative estimate of drug-likeness (QED) is 0.283. The van der Waals surface area contributed by atoms with E-state index < -0.39 is 11.5 Å². The molecular formula is C30H36ClFN4O3. The Morgan fingerprint density at radius 2 is 1.85 bits per heavy atom. The molecule has 0 spiro atoms. The smallest absolute Gasteiger partial charge is 0.410 e. The number of hydrogen-bond acceptors (Lipinski definition) is 5. The second-order valence-corrected chi connectivity index (χ2v) is 11.6. The summed E-state index contributed by atoms with van der Waals surface area (Å²) in [4.78, 5) is 31.9. The lowest BCUT2D eigenvalue weighted by Crippen LogP contribution is -2.35. The summed E-state index contributed by atoms with van der Waals surface area (Å²) in [6.45, 7) is 8.17. The van der Waals surface area contributed by atoms with E-state index >= 15 is 0 Å². The number of amides is 1. The van der Waals surface area contributed by atoms with Gasteiger partial charge >= 0.3 is 6.09 Å². The van der Waals surface area contributed by atoms with E-state index in [1.165, 1.54) is 11.8 Å². The van der Waals surface area contributed by atoms with Crippen molar-refractivity contribution >= 4 is 23.5 Å². The van der Waals surface area contributed by atoms with Gasteiger partial charge in [-0.15, -0.1) is 0 Å². The highest BCUT2D eigenvalue weighted by Crippen LogP contribution is 2.29. The molecule has 9 heteroatoms. The van der Waals surface area contributed by atoms with Crippen molar-refractivity contribution in [1.82, 2.24) is 19.7 Å². The number of likely N-dealkylation sites (tertiary alicyclic amines) is 1. The maximum Gasteiger partial charge on any atom is 0.410 e. The number of aryl methyl sites for hydroxylation is 3. The van der Waals surface area contributed by atoms with Gasteiger partial charge < -0.3 is 9.64 Å². The second kappa shape index (κ2) is 12.3. The molecule has 0 bridgehead atoms. The highest BCUT2D eigenvalue weighted by atomic mass is 35.5. The molecule has 0 N–H and O–H groups in total. The van der Waals surface area contributed by atoms with Crippen LogP contribution in [-0.2, 0) is 24.0 Å². The van der Waals surface area contributed by atoms with Crippen molar-refractivity contribution in [3.63, 3.8) is 0 Å². The number of halogens is 2. The Balaban J connectivity index is 1.35. The Morgan fingerprint density at radius 3 is 2.54 bits per heavy atom. The van der Waals surface area contributed by atoms with Crippen molar-refractivity contribution in [1.29, 1.82) is 0 Å². The molecule has 1 aromatic carbocycles. The third-order valence-electron chi connectivity index (χ3n) is 6.93. The number of carbonyl (C=O) groups is 2. The van der Waals surface area contributed by atoms with Crippen LogP contribution in [0, 0.1) is 11.7 Å². The molecule has 1 amide bonds. The fourth-order valence-electron chi connectivity index (χ4n) is 4.76. The molecule has 3 heterocycles. The van der Waals surface area contributed by atoms with Crippen LogP contribution >= 0.6 is 11.6 Å². The number of nitrogens with zero attached hydrogens (tertiary/aromatic N) is 4. The van der Waals surface area contributed by atoms with Crippen LogP contribution in [0.25, 0.3) is 0 Å². The Labute approximate surface area is 234 Å². The molecule has 1 aliphatic rings. The van der Waals surface area contributed by atoms with Crippen molar-refractivity contribution in [2.24, 2.45) is 5.92 Å². The fraction of sp³-hybridized carbons (Fsp3) is 0.467. The number of ether oxygens (including phenoxy) is 1. The molecule has 2 aromatic heterocycles. The van der Waals surface area contributed by atoms with Gasteiger partial charge in [-0.1, -0.05) is 48.9 Å². The first-order valence-electron chi connectivity index (χ1n) is 13.4. The van der Waals surface area contributed by atoms with Gasteiger partial charge in [0, 0.05) is 25.2 Å². The molecule has 0 saturated carbocycles. The number of ketones is 1. The van der Waals surface area contributed by atoms with E-state index in [2.05, 4.69) is 22.2 Å². The van der Waals surface area contributed by atoms with Crippen LogP contribution in [0.3, 0.4) is 0 Å². The highest BCUT2D eigenvalue weighted by molar-refractivity contribution is 6.33. The number of aromatic nitrogens is 3. The SMILES string of the molecule is CC(CCc1ncc(CCc2ccccc2)cc1F)C(=O)c1c(Cl)cnn1C1CCN(C(=O)OC(C)(C)C)C1. The number of rotatable bonds is 9. The molecule has 39 heavy (non-hydrogen) atoms. The van der Waals surface area contributed by atoms with Gasteiger partial charge in [-0.25, -0.2) is 9.18 Å². The van der Waals surface area contributed by atoms with Crippen molar-refractivity contribution < 1.29 is 18.7 Å². The number of carbonyl (C=O) groups excluding carboxylic acids is 2. The van der Waals surface area contributed by atoms with E-state index in [1.54, 1.807) is 21.8 Å². The minimum atomic E-state index is -0.586. The first-order chi connectivity index (χ1) is 18.5. The molecule has 2 atom stereocenters. The maximum absolute atomic E-state index is 14.8. The largest absolute Gasteiger partial charge is 0.444 e. The molecule has 1 fully saturated rings. The molecule has 208 valence electrons. The number of pyridine rings is 1. The van der Waals surface area contributed by atoms with E-state index in [9.17, 15) is 14.0 Å². The monoisotopic (exact) mass is 554 g/mol. The van der Waals surface area contributed by atoms with Crippen molar-refractivity contribution in [3.8, 4) is 0 Å². The zero-order valence-corrected chi connectivity index (χ0v) is 23.7. The molecule has 0 aliphatic carbocycles. The average Bonchev–Trinajstić information content (AvgIpc) is 3.53. The van der Waals surface area contributed by atoms with Crippen molar-refractivity contribution in [3.05, 3.63) is 82.1 Å². The van der Waals surface area contributed by atoms with Gasteiger partial charge in [0.2, 0.25) is 0 Å². The normalized spacial score (nSPS) is 16.4. The molecule has 0 radical (unpaired) electrons. The summed E-state index contributed by atoms with van der Waals surface area (Å²) in [5.74, 6) is -0.926. The van der Waals surface area contributed by atoms with Gasteiger partial charge in [0.1, 0.15) is 17.1 Å². The van der Waals surface area contributed by atoms with Gasteiger partial charge in [-0.3, -0.25) is 14.5 Å². The lowest BCUT2D eigenvalue weighted by atomic mass is 9.96. The van der Waals surface area contributed by atoms with Crippen molar-refractivity contribution in [2.45, 2.75) is 71.4 Å². The fourth-order valence-corrected chi connectivity index (χ4v) is 4.98. The third kappa shape index (κ3) is 7.44. The summed E-state index contributed by atoms with van der Waals surface area (Å²) in [6, 6.07) is 11.4. The summed E-state index contributed by atoms with van der Waals surface area (Å²) >= 11 is 6.40. The lowest BCUT2D eigenvalue weighted by molar-refractivity contribution is 0.0288. The van der Waals surface area contributed by atoms with Gasteiger partial charge in [0.15, 0.2) is 5.78 Å². The molecule has 7 nitrogen and oxygen atoms in total. The standard InChI is InChI=1S/C30H36ClFN4O3/c1-20(10-13-26-25(32)16-22(17-33-26)12-11-21-8-6-5-7-9-21)28(37)27-24(31)18-34-36(27)23-14-15-35(19-23)29(38)39-30(2,3)4/h5-9,16-18,20,23H,10-15,19H2,1-4H3. The van der Waals surface area contributed by atoms with E-state index in [1.807, 2.05) is 45.9 Å². The minimum Gasteiger partial charge on any atom is -0.444 e. The third-order valence-corrected chi connectivity index (χ3v) is 7.20.